The van der Waals surface area contributed by atoms with Crippen molar-refractivity contribution in [1.29, 1.82) is 0 Å². The molecule has 3 rings (SSSR count). The molecule has 0 radical (unpaired) electrons. The highest BCUT2D eigenvalue weighted by molar-refractivity contribution is 5.89. The Hall–Kier alpha value is -3.68. The normalized spacial score (nSPS) is 10.1. The van der Waals surface area contributed by atoms with Crippen molar-refractivity contribution >= 4 is 34.7 Å². The maximum absolute atomic E-state index is 11.2. The minimum Gasteiger partial charge on any atom is -0.492 e. The molecule has 0 saturated carbocycles. The highest BCUT2D eigenvalue weighted by atomic mass is 16.5. The van der Waals surface area contributed by atoms with Gasteiger partial charge in [-0.1, -0.05) is 18.2 Å². The number of benzene rings is 2. The van der Waals surface area contributed by atoms with E-state index >= 15 is 0 Å². The van der Waals surface area contributed by atoms with Crippen molar-refractivity contribution < 1.29 is 9.53 Å². The lowest BCUT2D eigenvalue weighted by atomic mass is 10.3. The predicted octanol–water partition coefficient (Wildman–Crippen LogP) is 3.72. The van der Waals surface area contributed by atoms with E-state index in [1.54, 1.807) is 12.1 Å². The maximum atomic E-state index is 11.2. The average molecular weight is 364 g/mol. The third-order valence-electron chi connectivity index (χ3n) is 3.45. The molecule has 0 bridgehead atoms. The molecule has 0 atom stereocenters. The van der Waals surface area contributed by atoms with Gasteiger partial charge in [0, 0.05) is 18.3 Å². The van der Waals surface area contributed by atoms with Crippen molar-refractivity contribution in [2.75, 3.05) is 22.6 Å². The van der Waals surface area contributed by atoms with Gasteiger partial charge in [0.15, 0.2) is 5.82 Å². The zero-order chi connectivity index (χ0) is 19.1. The quantitative estimate of drug-likeness (QED) is 0.587. The smallest absolute Gasteiger partial charge is 0.249 e. The molecule has 0 aliphatic carbocycles. The summed E-state index contributed by atoms with van der Waals surface area (Å²) in [5.41, 5.74) is 2.20. The van der Waals surface area contributed by atoms with E-state index in [1.165, 1.54) is 13.1 Å². The van der Waals surface area contributed by atoms with Crippen molar-refractivity contribution in [3.05, 3.63) is 54.7 Å². The third kappa shape index (κ3) is 5.15. The van der Waals surface area contributed by atoms with Crippen LogP contribution in [0.4, 0.5) is 28.8 Å². The van der Waals surface area contributed by atoms with Crippen LogP contribution in [0.2, 0.25) is 0 Å². The first kappa shape index (κ1) is 18.1. The Morgan fingerprint density at radius 1 is 1.07 bits per heavy atom. The van der Waals surface area contributed by atoms with Gasteiger partial charge < -0.3 is 20.7 Å². The summed E-state index contributed by atoms with van der Waals surface area (Å²) < 4.78 is 5.60. The second kappa shape index (κ2) is 8.61. The van der Waals surface area contributed by atoms with Gasteiger partial charge >= 0.3 is 0 Å². The van der Waals surface area contributed by atoms with E-state index in [-0.39, 0.29) is 5.91 Å². The van der Waals surface area contributed by atoms with Crippen LogP contribution in [0.15, 0.2) is 54.7 Å². The first-order chi connectivity index (χ1) is 13.1. The third-order valence-corrected chi connectivity index (χ3v) is 3.45. The van der Waals surface area contributed by atoms with Crippen LogP contribution in [0.1, 0.15) is 13.8 Å². The zero-order valence-electron chi connectivity index (χ0n) is 15.1. The molecule has 0 aliphatic heterocycles. The number of amides is 1. The highest BCUT2D eigenvalue weighted by Crippen LogP contribution is 2.27. The molecule has 3 aromatic rings. The second-order valence-electron chi connectivity index (χ2n) is 5.61. The first-order valence-corrected chi connectivity index (χ1v) is 8.47. The number of carbonyl (C=O) groups is 1. The number of hydrogen-bond acceptors (Lipinski definition) is 7. The minimum absolute atomic E-state index is 0.135. The number of hydrogen-bond donors (Lipinski definition) is 3. The fraction of sp³-hybridized carbons (Fsp3) is 0.158. The summed E-state index contributed by atoms with van der Waals surface area (Å²) in [5, 5.41) is 17.0. The van der Waals surface area contributed by atoms with Crippen molar-refractivity contribution in [2.24, 2.45) is 0 Å². The Labute approximate surface area is 157 Å². The van der Waals surface area contributed by atoms with E-state index in [9.17, 15) is 4.79 Å². The van der Waals surface area contributed by atoms with Crippen LogP contribution < -0.4 is 20.7 Å². The molecule has 27 heavy (non-hydrogen) atoms. The summed E-state index contributed by atoms with van der Waals surface area (Å²) in [7, 11) is 0. The molecule has 2 aromatic carbocycles. The first-order valence-electron chi connectivity index (χ1n) is 8.47. The van der Waals surface area contributed by atoms with E-state index in [4.69, 9.17) is 4.74 Å². The molecule has 0 spiro atoms. The SMILES string of the molecule is CCOc1ccccc1Nc1cnnc(Nc2cccc(NC(C)=O)c2)n1. The Morgan fingerprint density at radius 2 is 1.89 bits per heavy atom. The Kier molecular flexibility index (Phi) is 5.78. The maximum Gasteiger partial charge on any atom is 0.249 e. The number of nitrogens with one attached hydrogen (secondary N) is 3. The molecule has 0 aliphatic rings. The summed E-state index contributed by atoms with van der Waals surface area (Å²) in [6.45, 7) is 3.96. The topological polar surface area (TPSA) is 101 Å². The fourth-order valence-electron chi connectivity index (χ4n) is 2.41. The van der Waals surface area contributed by atoms with Crippen molar-refractivity contribution in [3.8, 4) is 5.75 Å². The molecule has 0 fully saturated rings. The van der Waals surface area contributed by atoms with Crippen LogP contribution in [0.5, 0.6) is 5.75 Å². The number of carbonyl (C=O) groups excluding carboxylic acids is 1. The number of anilines is 5. The second-order valence-corrected chi connectivity index (χ2v) is 5.61. The Balaban J connectivity index is 1.76. The molecule has 3 N–H and O–H groups in total. The summed E-state index contributed by atoms with van der Waals surface area (Å²) in [6, 6.07) is 14.9. The molecule has 1 aromatic heterocycles. The number of rotatable bonds is 7. The van der Waals surface area contributed by atoms with Gasteiger partial charge in [0.25, 0.3) is 0 Å². The van der Waals surface area contributed by atoms with E-state index in [2.05, 4.69) is 31.1 Å². The number of nitrogens with zero attached hydrogens (tertiary/aromatic N) is 3. The molecule has 0 saturated heterocycles. The van der Waals surface area contributed by atoms with Gasteiger partial charge in [-0.2, -0.15) is 10.1 Å². The van der Waals surface area contributed by atoms with Crippen LogP contribution in [-0.2, 0) is 4.79 Å². The molecular weight excluding hydrogens is 344 g/mol. The number of para-hydroxylation sites is 2. The van der Waals surface area contributed by atoms with E-state index in [0.29, 0.717) is 24.1 Å². The van der Waals surface area contributed by atoms with Crippen LogP contribution in [-0.4, -0.2) is 27.7 Å². The highest BCUT2D eigenvalue weighted by Gasteiger charge is 2.06. The van der Waals surface area contributed by atoms with Gasteiger partial charge in [-0.15, -0.1) is 5.10 Å². The van der Waals surface area contributed by atoms with Gasteiger partial charge in [0.05, 0.1) is 18.5 Å². The van der Waals surface area contributed by atoms with Crippen LogP contribution in [0.3, 0.4) is 0 Å². The van der Waals surface area contributed by atoms with Gasteiger partial charge in [-0.3, -0.25) is 4.79 Å². The zero-order valence-corrected chi connectivity index (χ0v) is 15.1. The van der Waals surface area contributed by atoms with Crippen LogP contribution >= 0.6 is 0 Å². The molecule has 138 valence electrons. The Bertz CT molecular complexity index is 931. The average Bonchev–Trinajstić information content (AvgIpc) is 2.64. The van der Waals surface area contributed by atoms with E-state index < -0.39 is 0 Å². The van der Waals surface area contributed by atoms with Gasteiger partial charge in [-0.05, 0) is 37.3 Å². The Morgan fingerprint density at radius 3 is 2.70 bits per heavy atom. The standard InChI is InChI=1S/C19H20N6O2/c1-3-27-17-10-5-4-9-16(17)23-18-12-20-25-19(24-18)22-15-8-6-7-14(11-15)21-13(2)26/h4-12H,3H2,1-2H3,(H,21,26)(H2,22,23,24,25). The van der Waals surface area contributed by atoms with Crippen molar-refractivity contribution in [2.45, 2.75) is 13.8 Å². The van der Waals surface area contributed by atoms with Gasteiger partial charge in [0.2, 0.25) is 11.9 Å². The van der Waals surface area contributed by atoms with Gasteiger partial charge in [-0.25, -0.2) is 0 Å². The monoisotopic (exact) mass is 364 g/mol. The molecule has 1 amide bonds. The summed E-state index contributed by atoms with van der Waals surface area (Å²) in [6.07, 6.45) is 1.53. The van der Waals surface area contributed by atoms with E-state index in [1.807, 2.05) is 43.3 Å². The minimum atomic E-state index is -0.135. The summed E-state index contributed by atoms with van der Waals surface area (Å²) >= 11 is 0. The number of aromatic nitrogens is 3. The number of ether oxygens (including phenoxy) is 1. The molecule has 0 unspecified atom stereocenters. The van der Waals surface area contributed by atoms with Crippen LogP contribution in [0.25, 0.3) is 0 Å². The predicted molar refractivity (Wildman–Crippen MR) is 105 cm³/mol. The summed E-state index contributed by atoms with van der Waals surface area (Å²) in [4.78, 5) is 15.6. The lowest BCUT2D eigenvalue weighted by Gasteiger charge is -2.12. The molecule has 8 heteroatoms. The van der Waals surface area contributed by atoms with Crippen LogP contribution in [0, 0.1) is 0 Å². The van der Waals surface area contributed by atoms with E-state index in [0.717, 1.165) is 17.1 Å². The lowest BCUT2D eigenvalue weighted by molar-refractivity contribution is -0.114. The van der Waals surface area contributed by atoms with Gasteiger partial charge in [0.1, 0.15) is 5.75 Å². The molecule has 8 nitrogen and oxygen atoms in total. The van der Waals surface area contributed by atoms with Crippen molar-refractivity contribution in [3.63, 3.8) is 0 Å². The molecule has 1 heterocycles. The lowest BCUT2D eigenvalue weighted by Crippen LogP contribution is -2.06. The largest absolute Gasteiger partial charge is 0.492 e. The fourth-order valence-corrected chi connectivity index (χ4v) is 2.41. The molecular formula is C19H20N6O2. The van der Waals surface area contributed by atoms with Crippen molar-refractivity contribution in [1.82, 2.24) is 15.2 Å². The summed E-state index contributed by atoms with van der Waals surface area (Å²) in [5.74, 6) is 1.45.